The normalized spacial score (nSPS) is 11.4. The topological polar surface area (TPSA) is 37.3 Å². The Kier molecular flexibility index (Phi) is 4.69. The standard InChI is InChI=1S/C14H20O2/c1-3-10-14(16,11-4-2)13(15)12-8-6-5-7-9-12/h5-9,16H,3-4,10-11H2,1-2H3. The van der Waals surface area contributed by atoms with Crippen molar-refractivity contribution in [2.45, 2.75) is 45.1 Å². The summed E-state index contributed by atoms with van der Waals surface area (Å²) in [5.74, 6) is -0.142. The number of aliphatic hydroxyl groups is 1. The lowest BCUT2D eigenvalue weighted by Crippen LogP contribution is -2.38. The summed E-state index contributed by atoms with van der Waals surface area (Å²) in [7, 11) is 0. The molecule has 0 saturated heterocycles. The second-order valence-electron chi connectivity index (χ2n) is 4.23. The van der Waals surface area contributed by atoms with Crippen LogP contribution in [-0.4, -0.2) is 16.5 Å². The lowest BCUT2D eigenvalue weighted by Gasteiger charge is -2.25. The Morgan fingerprint density at radius 1 is 1.12 bits per heavy atom. The van der Waals surface area contributed by atoms with E-state index in [-0.39, 0.29) is 5.78 Å². The molecule has 0 amide bonds. The van der Waals surface area contributed by atoms with Crippen molar-refractivity contribution in [2.24, 2.45) is 0 Å². The van der Waals surface area contributed by atoms with Crippen LogP contribution in [0.5, 0.6) is 0 Å². The molecule has 2 nitrogen and oxygen atoms in total. The van der Waals surface area contributed by atoms with Crippen molar-refractivity contribution in [3.63, 3.8) is 0 Å². The molecule has 0 heterocycles. The highest BCUT2D eigenvalue weighted by Gasteiger charge is 2.34. The molecule has 1 rings (SSSR count). The molecule has 88 valence electrons. The van der Waals surface area contributed by atoms with E-state index in [9.17, 15) is 9.90 Å². The van der Waals surface area contributed by atoms with E-state index in [1.807, 2.05) is 32.0 Å². The number of carbonyl (C=O) groups excluding carboxylic acids is 1. The first-order chi connectivity index (χ1) is 7.64. The van der Waals surface area contributed by atoms with Gasteiger partial charge in [-0.05, 0) is 12.8 Å². The Morgan fingerprint density at radius 2 is 1.62 bits per heavy atom. The van der Waals surface area contributed by atoms with Gasteiger partial charge in [-0.25, -0.2) is 0 Å². The minimum Gasteiger partial charge on any atom is -0.382 e. The van der Waals surface area contributed by atoms with Crippen LogP contribution in [0.2, 0.25) is 0 Å². The lowest BCUT2D eigenvalue weighted by molar-refractivity contribution is 0.0218. The van der Waals surface area contributed by atoms with Crippen LogP contribution in [0.15, 0.2) is 30.3 Å². The summed E-state index contributed by atoms with van der Waals surface area (Å²) in [5.41, 5.74) is -0.572. The van der Waals surface area contributed by atoms with Gasteiger partial charge in [-0.15, -0.1) is 0 Å². The first-order valence-electron chi connectivity index (χ1n) is 5.96. The van der Waals surface area contributed by atoms with Gasteiger partial charge in [0, 0.05) is 5.56 Å². The van der Waals surface area contributed by atoms with E-state index in [1.165, 1.54) is 0 Å². The van der Waals surface area contributed by atoms with Gasteiger partial charge in [-0.2, -0.15) is 0 Å². The number of hydrogen-bond donors (Lipinski definition) is 1. The molecule has 0 saturated carbocycles. The minimum absolute atomic E-state index is 0.142. The highest BCUT2D eigenvalue weighted by molar-refractivity contribution is 6.02. The number of carbonyl (C=O) groups is 1. The molecule has 16 heavy (non-hydrogen) atoms. The molecule has 0 aliphatic carbocycles. The molecule has 0 radical (unpaired) electrons. The van der Waals surface area contributed by atoms with Crippen LogP contribution in [0.1, 0.15) is 49.9 Å². The molecule has 2 heteroatoms. The Morgan fingerprint density at radius 3 is 2.06 bits per heavy atom. The zero-order valence-corrected chi connectivity index (χ0v) is 10.1. The maximum absolute atomic E-state index is 12.2. The monoisotopic (exact) mass is 220 g/mol. The van der Waals surface area contributed by atoms with Gasteiger partial charge >= 0.3 is 0 Å². The average Bonchev–Trinajstić information content (AvgIpc) is 2.30. The fourth-order valence-corrected chi connectivity index (χ4v) is 2.04. The van der Waals surface area contributed by atoms with Gasteiger partial charge in [0.25, 0.3) is 0 Å². The first-order valence-corrected chi connectivity index (χ1v) is 5.96. The van der Waals surface area contributed by atoms with E-state index in [4.69, 9.17) is 0 Å². The Labute approximate surface area is 97.3 Å². The third-order valence-electron chi connectivity index (χ3n) is 2.79. The number of Topliss-reactive ketones (excluding diaryl/α,β-unsaturated/α-hetero) is 1. The summed E-state index contributed by atoms with van der Waals surface area (Å²) < 4.78 is 0. The molecule has 0 aromatic heterocycles. The molecule has 0 unspecified atom stereocenters. The van der Waals surface area contributed by atoms with Gasteiger partial charge in [0.1, 0.15) is 5.60 Å². The van der Waals surface area contributed by atoms with Crippen LogP contribution in [-0.2, 0) is 0 Å². The molecular formula is C14H20O2. The fourth-order valence-electron chi connectivity index (χ4n) is 2.04. The number of hydrogen-bond acceptors (Lipinski definition) is 2. The van der Waals surface area contributed by atoms with Gasteiger partial charge in [-0.1, -0.05) is 57.0 Å². The lowest BCUT2D eigenvalue weighted by atomic mass is 9.85. The van der Waals surface area contributed by atoms with Crippen LogP contribution in [0.4, 0.5) is 0 Å². The van der Waals surface area contributed by atoms with Crippen LogP contribution >= 0.6 is 0 Å². The summed E-state index contributed by atoms with van der Waals surface area (Å²) in [6.45, 7) is 3.97. The predicted octanol–water partition coefficient (Wildman–Crippen LogP) is 3.20. The molecular weight excluding hydrogens is 200 g/mol. The van der Waals surface area contributed by atoms with Crippen LogP contribution in [0.3, 0.4) is 0 Å². The maximum Gasteiger partial charge on any atom is 0.194 e. The van der Waals surface area contributed by atoms with E-state index < -0.39 is 5.60 Å². The van der Waals surface area contributed by atoms with Crippen molar-refractivity contribution in [1.29, 1.82) is 0 Å². The van der Waals surface area contributed by atoms with Crippen LogP contribution in [0, 0.1) is 0 Å². The second kappa shape index (κ2) is 5.80. The van der Waals surface area contributed by atoms with Crippen LogP contribution in [0.25, 0.3) is 0 Å². The largest absolute Gasteiger partial charge is 0.382 e. The summed E-state index contributed by atoms with van der Waals surface area (Å²) >= 11 is 0. The Bertz CT molecular complexity index is 324. The van der Waals surface area contributed by atoms with Crippen LogP contribution < -0.4 is 0 Å². The number of benzene rings is 1. The van der Waals surface area contributed by atoms with E-state index in [0.717, 1.165) is 12.8 Å². The minimum atomic E-state index is -1.18. The third kappa shape index (κ3) is 2.92. The third-order valence-corrected chi connectivity index (χ3v) is 2.79. The highest BCUT2D eigenvalue weighted by Crippen LogP contribution is 2.24. The molecule has 0 atom stereocenters. The second-order valence-corrected chi connectivity index (χ2v) is 4.23. The smallest absolute Gasteiger partial charge is 0.194 e. The SMILES string of the molecule is CCCC(O)(CCC)C(=O)c1ccccc1. The molecule has 1 N–H and O–H groups in total. The average molecular weight is 220 g/mol. The summed E-state index contributed by atoms with van der Waals surface area (Å²) in [6, 6.07) is 9.05. The molecule has 1 aromatic rings. The number of ketones is 1. The maximum atomic E-state index is 12.2. The van der Waals surface area contributed by atoms with Crippen molar-refractivity contribution in [2.75, 3.05) is 0 Å². The quantitative estimate of drug-likeness (QED) is 0.747. The summed E-state index contributed by atoms with van der Waals surface area (Å²) in [5, 5.41) is 10.4. The summed E-state index contributed by atoms with van der Waals surface area (Å²) in [4.78, 5) is 12.2. The van der Waals surface area contributed by atoms with Gasteiger partial charge in [0.2, 0.25) is 0 Å². The van der Waals surface area contributed by atoms with Crippen molar-refractivity contribution < 1.29 is 9.90 Å². The predicted molar refractivity (Wildman–Crippen MR) is 65.5 cm³/mol. The van der Waals surface area contributed by atoms with Gasteiger partial charge in [0.15, 0.2) is 5.78 Å². The van der Waals surface area contributed by atoms with E-state index in [1.54, 1.807) is 12.1 Å². The van der Waals surface area contributed by atoms with Crippen molar-refractivity contribution in [3.05, 3.63) is 35.9 Å². The molecule has 0 aliphatic heterocycles. The van der Waals surface area contributed by atoms with Crippen molar-refractivity contribution in [1.82, 2.24) is 0 Å². The molecule has 0 bridgehead atoms. The number of rotatable bonds is 6. The zero-order chi connectivity index (χ0) is 12.0. The van der Waals surface area contributed by atoms with Gasteiger partial charge in [0.05, 0.1) is 0 Å². The summed E-state index contributed by atoms with van der Waals surface area (Å²) in [6.07, 6.45) is 2.70. The van der Waals surface area contributed by atoms with E-state index >= 15 is 0 Å². The first kappa shape index (κ1) is 12.9. The molecule has 0 fully saturated rings. The van der Waals surface area contributed by atoms with E-state index in [2.05, 4.69) is 0 Å². The Hall–Kier alpha value is -1.15. The Balaban J connectivity index is 2.91. The van der Waals surface area contributed by atoms with Crippen molar-refractivity contribution >= 4 is 5.78 Å². The van der Waals surface area contributed by atoms with Gasteiger partial charge in [-0.3, -0.25) is 4.79 Å². The molecule has 0 aliphatic rings. The van der Waals surface area contributed by atoms with Gasteiger partial charge < -0.3 is 5.11 Å². The fraction of sp³-hybridized carbons (Fsp3) is 0.500. The molecule has 0 spiro atoms. The van der Waals surface area contributed by atoms with E-state index in [0.29, 0.717) is 18.4 Å². The zero-order valence-electron chi connectivity index (χ0n) is 10.1. The molecule has 1 aromatic carbocycles. The van der Waals surface area contributed by atoms with Crippen molar-refractivity contribution in [3.8, 4) is 0 Å². The highest BCUT2D eigenvalue weighted by atomic mass is 16.3.